The predicted octanol–water partition coefficient (Wildman–Crippen LogP) is 4.09. The van der Waals surface area contributed by atoms with Crippen LogP contribution in [0.3, 0.4) is 0 Å². The summed E-state index contributed by atoms with van der Waals surface area (Å²) in [6.45, 7) is 4.37. The molecule has 2 unspecified atom stereocenters. The Labute approximate surface area is 206 Å². The average Bonchev–Trinajstić information content (AvgIpc) is 3.19. The first kappa shape index (κ1) is 24.8. The summed E-state index contributed by atoms with van der Waals surface area (Å²) in [5.41, 5.74) is 4.74. The number of rotatable bonds is 9. The van der Waals surface area contributed by atoms with Crippen molar-refractivity contribution in [1.29, 1.82) is 0 Å². The molecule has 6 nitrogen and oxygen atoms in total. The zero-order valence-electron chi connectivity index (χ0n) is 20.3. The molecule has 184 valence electrons. The second kappa shape index (κ2) is 10.5. The minimum Gasteiger partial charge on any atom is -0.508 e. The molecule has 3 aromatic carbocycles. The van der Waals surface area contributed by atoms with Crippen LogP contribution in [0.2, 0.25) is 0 Å². The molecule has 0 spiro atoms. The Balaban J connectivity index is 1.32. The predicted molar refractivity (Wildman–Crippen MR) is 136 cm³/mol. The minimum atomic E-state index is -0.872. The number of carbonyl (C=O) groups excluding carboxylic acids is 1. The molecule has 2 atom stereocenters. The highest BCUT2D eigenvalue weighted by Crippen LogP contribution is 2.30. The molecule has 4 rings (SSSR count). The van der Waals surface area contributed by atoms with Crippen molar-refractivity contribution in [2.24, 2.45) is 0 Å². The number of hydrogen-bond acceptors (Lipinski definition) is 5. The van der Waals surface area contributed by atoms with E-state index < -0.39 is 6.10 Å². The average molecular weight is 475 g/mol. The van der Waals surface area contributed by atoms with Gasteiger partial charge in [-0.15, -0.1) is 0 Å². The molecule has 3 aromatic rings. The van der Waals surface area contributed by atoms with Crippen LogP contribution in [0.5, 0.6) is 11.5 Å². The van der Waals surface area contributed by atoms with Gasteiger partial charge in [0.1, 0.15) is 11.5 Å². The molecular weight excluding hydrogens is 440 g/mol. The SMILES string of the molecule is CC(C)(Cc1cccc(CC(=O)NC2CCc3ccccc32)c1)NCC(O)c1cc(O)cc(O)c1. The molecule has 1 aliphatic carbocycles. The summed E-state index contributed by atoms with van der Waals surface area (Å²) in [4.78, 5) is 12.7. The number of phenolic OH excluding ortho intramolecular Hbond substituents is 2. The molecule has 6 heteroatoms. The van der Waals surface area contributed by atoms with Crippen LogP contribution in [0, 0.1) is 0 Å². The van der Waals surface area contributed by atoms with E-state index in [2.05, 4.69) is 42.7 Å². The second-order valence-corrected chi connectivity index (χ2v) is 10.1. The van der Waals surface area contributed by atoms with E-state index >= 15 is 0 Å². The van der Waals surface area contributed by atoms with E-state index in [0.29, 0.717) is 18.4 Å². The number of carbonyl (C=O) groups is 1. The van der Waals surface area contributed by atoms with Crippen LogP contribution in [0.1, 0.15) is 60.2 Å². The van der Waals surface area contributed by atoms with Gasteiger partial charge in [-0.3, -0.25) is 4.79 Å². The topological polar surface area (TPSA) is 102 Å². The summed E-state index contributed by atoms with van der Waals surface area (Å²) in [6, 6.07) is 20.6. The number of aryl methyl sites for hydroxylation is 1. The van der Waals surface area contributed by atoms with E-state index in [1.165, 1.54) is 29.3 Å². The van der Waals surface area contributed by atoms with Crippen LogP contribution in [0.15, 0.2) is 66.7 Å². The van der Waals surface area contributed by atoms with Gasteiger partial charge in [0.25, 0.3) is 0 Å². The smallest absolute Gasteiger partial charge is 0.224 e. The second-order valence-electron chi connectivity index (χ2n) is 10.1. The Bertz CT molecular complexity index is 1170. The quantitative estimate of drug-likeness (QED) is 0.322. The van der Waals surface area contributed by atoms with Gasteiger partial charge in [0.05, 0.1) is 18.6 Å². The summed E-state index contributed by atoms with van der Waals surface area (Å²) in [5.74, 6) is -0.147. The van der Waals surface area contributed by atoms with Crippen molar-refractivity contribution >= 4 is 5.91 Å². The zero-order valence-corrected chi connectivity index (χ0v) is 20.3. The van der Waals surface area contributed by atoms with E-state index in [9.17, 15) is 20.1 Å². The lowest BCUT2D eigenvalue weighted by atomic mass is 9.93. The molecule has 0 aliphatic heterocycles. The van der Waals surface area contributed by atoms with E-state index in [-0.39, 0.29) is 35.5 Å². The van der Waals surface area contributed by atoms with E-state index in [4.69, 9.17) is 0 Å². The first-order valence-electron chi connectivity index (χ1n) is 12.1. The highest BCUT2D eigenvalue weighted by molar-refractivity contribution is 5.79. The van der Waals surface area contributed by atoms with Gasteiger partial charge in [-0.1, -0.05) is 48.5 Å². The highest BCUT2D eigenvalue weighted by Gasteiger charge is 2.24. The normalized spacial score (nSPS) is 16.0. The van der Waals surface area contributed by atoms with Crippen molar-refractivity contribution in [3.8, 4) is 11.5 Å². The molecule has 1 amide bonds. The Morgan fingerprint density at radius 1 is 1.00 bits per heavy atom. The lowest BCUT2D eigenvalue weighted by Gasteiger charge is -2.28. The maximum Gasteiger partial charge on any atom is 0.224 e. The fourth-order valence-corrected chi connectivity index (χ4v) is 4.86. The highest BCUT2D eigenvalue weighted by atomic mass is 16.3. The van der Waals surface area contributed by atoms with E-state index in [1.54, 1.807) is 0 Å². The fraction of sp³-hybridized carbons (Fsp3) is 0.345. The van der Waals surface area contributed by atoms with Gasteiger partial charge in [0.2, 0.25) is 5.91 Å². The number of benzene rings is 3. The van der Waals surface area contributed by atoms with Gasteiger partial charge >= 0.3 is 0 Å². The fourth-order valence-electron chi connectivity index (χ4n) is 4.86. The van der Waals surface area contributed by atoms with Crippen LogP contribution in [0.25, 0.3) is 0 Å². The van der Waals surface area contributed by atoms with Gasteiger partial charge in [-0.25, -0.2) is 0 Å². The third-order valence-electron chi connectivity index (χ3n) is 6.55. The Kier molecular flexibility index (Phi) is 7.43. The van der Waals surface area contributed by atoms with Crippen molar-refractivity contribution in [1.82, 2.24) is 10.6 Å². The van der Waals surface area contributed by atoms with E-state index in [1.807, 2.05) is 30.3 Å². The van der Waals surface area contributed by atoms with Gasteiger partial charge in [-0.2, -0.15) is 0 Å². The van der Waals surface area contributed by atoms with Crippen LogP contribution in [0.4, 0.5) is 0 Å². The molecule has 35 heavy (non-hydrogen) atoms. The van der Waals surface area contributed by atoms with Crippen molar-refractivity contribution in [2.75, 3.05) is 6.54 Å². The first-order valence-corrected chi connectivity index (χ1v) is 12.1. The molecular formula is C29H34N2O4. The standard InChI is InChI=1S/C29H34N2O4/c1-29(2,30-18-27(34)22-14-23(32)16-24(33)15-22)17-20-7-5-6-19(12-20)13-28(35)31-26-11-10-21-8-3-4-9-25(21)26/h3-9,12,14-16,26-27,30,32-34H,10-11,13,17-18H2,1-2H3,(H,31,35). The number of amides is 1. The molecule has 0 radical (unpaired) electrons. The third kappa shape index (κ3) is 6.62. The number of aliphatic hydroxyl groups excluding tert-OH is 1. The largest absolute Gasteiger partial charge is 0.508 e. The van der Waals surface area contributed by atoms with Gasteiger partial charge < -0.3 is 26.0 Å². The molecule has 0 aromatic heterocycles. The van der Waals surface area contributed by atoms with Crippen LogP contribution >= 0.6 is 0 Å². The van der Waals surface area contributed by atoms with Gasteiger partial charge in [0.15, 0.2) is 0 Å². The van der Waals surface area contributed by atoms with Crippen molar-refractivity contribution in [2.45, 2.75) is 57.2 Å². The Hall–Kier alpha value is -3.35. The summed E-state index contributed by atoms with van der Waals surface area (Å²) < 4.78 is 0. The van der Waals surface area contributed by atoms with Gasteiger partial charge in [-0.05, 0) is 73.1 Å². The maximum atomic E-state index is 12.7. The molecule has 0 bridgehead atoms. The zero-order chi connectivity index (χ0) is 25.0. The lowest BCUT2D eigenvalue weighted by Crippen LogP contribution is -2.43. The number of aliphatic hydroxyl groups is 1. The van der Waals surface area contributed by atoms with Crippen molar-refractivity contribution in [3.05, 3.63) is 94.5 Å². The molecule has 5 N–H and O–H groups in total. The molecule has 1 aliphatic rings. The number of aromatic hydroxyl groups is 2. The Morgan fingerprint density at radius 2 is 1.71 bits per heavy atom. The summed E-state index contributed by atoms with van der Waals surface area (Å²) >= 11 is 0. The number of β-amino-alcohol motifs (C(OH)–C–C–N with tert-alkyl or cyclic N) is 1. The Morgan fingerprint density at radius 3 is 2.49 bits per heavy atom. The van der Waals surface area contributed by atoms with Crippen LogP contribution in [-0.2, 0) is 24.1 Å². The van der Waals surface area contributed by atoms with Crippen LogP contribution < -0.4 is 10.6 Å². The van der Waals surface area contributed by atoms with E-state index in [0.717, 1.165) is 24.0 Å². The minimum absolute atomic E-state index is 0.0266. The summed E-state index contributed by atoms with van der Waals surface area (Å²) in [6.07, 6.45) is 2.11. The molecule has 0 fully saturated rings. The summed E-state index contributed by atoms with van der Waals surface area (Å²) in [7, 11) is 0. The number of hydrogen-bond donors (Lipinski definition) is 5. The molecule has 0 heterocycles. The van der Waals surface area contributed by atoms with Crippen LogP contribution in [-0.4, -0.2) is 33.3 Å². The van der Waals surface area contributed by atoms with Crippen molar-refractivity contribution < 1.29 is 20.1 Å². The summed E-state index contributed by atoms with van der Waals surface area (Å²) in [5, 5.41) is 36.4. The maximum absolute atomic E-state index is 12.7. The number of nitrogens with one attached hydrogen (secondary N) is 2. The number of phenols is 2. The molecule has 0 saturated carbocycles. The number of fused-ring (bicyclic) bond motifs is 1. The van der Waals surface area contributed by atoms with Crippen molar-refractivity contribution in [3.63, 3.8) is 0 Å². The first-order chi connectivity index (χ1) is 16.7. The monoisotopic (exact) mass is 474 g/mol. The molecule has 0 saturated heterocycles. The van der Waals surface area contributed by atoms with Gasteiger partial charge in [0, 0.05) is 18.2 Å². The third-order valence-corrected chi connectivity index (χ3v) is 6.55. The lowest BCUT2D eigenvalue weighted by molar-refractivity contribution is -0.121.